The summed E-state index contributed by atoms with van der Waals surface area (Å²) in [5.41, 5.74) is 3.40. The van der Waals surface area contributed by atoms with Crippen molar-refractivity contribution in [1.82, 2.24) is 20.2 Å². The van der Waals surface area contributed by atoms with Crippen LogP contribution in [0, 0.1) is 5.92 Å². The van der Waals surface area contributed by atoms with Crippen LogP contribution in [0.25, 0.3) is 0 Å². The van der Waals surface area contributed by atoms with Gasteiger partial charge in [-0.2, -0.15) is 0 Å². The highest BCUT2D eigenvalue weighted by Gasteiger charge is 2.30. The molecular weight excluding hydrogens is 495 g/mol. The van der Waals surface area contributed by atoms with Crippen LogP contribution in [0.15, 0.2) is 48.5 Å². The lowest BCUT2D eigenvalue weighted by atomic mass is 9.97. The molecule has 2 aliphatic rings. The Morgan fingerprint density at radius 3 is 2.28 bits per heavy atom. The average molecular weight is 541 g/mol. The third-order valence-electron chi connectivity index (χ3n) is 7.96. The number of piperidine rings is 1. The van der Waals surface area contributed by atoms with Gasteiger partial charge >= 0.3 is 0 Å². The molecule has 2 fully saturated rings. The zero-order valence-electron chi connectivity index (χ0n) is 23.9. The molecule has 4 rings (SSSR count). The van der Waals surface area contributed by atoms with Gasteiger partial charge in [0.1, 0.15) is 11.4 Å². The Labute approximate surface area is 232 Å². The van der Waals surface area contributed by atoms with E-state index in [2.05, 4.69) is 46.7 Å². The van der Waals surface area contributed by atoms with Gasteiger partial charge in [-0.3, -0.25) is 19.8 Å². The normalized spacial score (nSPS) is 22.1. The Morgan fingerprint density at radius 2 is 1.67 bits per heavy atom. The van der Waals surface area contributed by atoms with Crippen molar-refractivity contribution in [2.45, 2.75) is 71.4 Å². The monoisotopic (exact) mass is 540 g/mol. The van der Waals surface area contributed by atoms with Crippen LogP contribution in [0.2, 0.25) is 0 Å². The number of nitrogens with one attached hydrogen (secondary N) is 1. The molecule has 0 bridgehead atoms. The van der Waals surface area contributed by atoms with Crippen LogP contribution >= 0.6 is 0 Å². The first kappa shape index (κ1) is 29.5. The first-order valence-corrected chi connectivity index (χ1v) is 14.2. The van der Waals surface area contributed by atoms with E-state index in [0.717, 1.165) is 63.4 Å². The van der Waals surface area contributed by atoms with Crippen LogP contribution < -0.4 is 10.2 Å². The van der Waals surface area contributed by atoms with Crippen molar-refractivity contribution in [3.05, 3.63) is 65.2 Å². The van der Waals surface area contributed by atoms with Gasteiger partial charge in [-0.05, 0) is 94.9 Å². The lowest BCUT2D eigenvalue weighted by Gasteiger charge is -2.44. The fraction of sp³-hybridized carbons (Fsp3) is 0.581. The van der Waals surface area contributed by atoms with Crippen LogP contribution in [0.1, 0.15) is 62.0 Å². The van der Waals surface area contributed by atoms with Gasteiger partial charge in [-0.15, -0.1) is 0 Å². The molecule has 2 aromatic carbocycles. The molecule has 2 heterocycles. The van der Waals surface area contributed by atoms with Crippen molar-refractivity contribution in [3.8, 4) is 5.75 Å². The van der Waals surface area contributed by atoms with Gasteiger partial charge in [0.25, 0.3) is 5.91 Å². The van der Waals surface area contributed by atoms with Crippen molar-refractivity contribution >= 4 is 5.91 Å². The number of nitrogens with zero attached hydrogens (tertiary/aromatic N) is 3. The molecule has 39 heavy (non-hydrogen) atoms. The molecule has 7 nitrogen and oxygen atoms in total. The fourth-order valence-electron chi connectivity index (χ4n) is 5.99. The number of rotatable bonds is 10. The summed E-state index contributed by atoms with van der Waals surface area (Å²) in [5, 5.41) is 8.81. The van der Waals surface area contributed by atoms with E-state index in [1.54, 1.807) is 31.5 Å². The van der Waals surface area contributed by atoms with E-state index >= 15 is 0 Å². The number of benzene rings is 2. The summed E-state index contributed by atoms with van der Waals surface area (Å²) >= 11 is 0. The molecule has 0 aliphatic carbocycles. The number of hydrogen-bond acceptors (Lipinski definition) is 6. The van der Waals surface area contributed by atoms with E-state index in [1.165, 1.54) is 5.56 Å². The predicted molar refractivity (Wildman–Crippen MR) is 152 cm³/mol. The minimum atomic E-state index is -1.14. The summed E-state index contributed by atoms with van der Waals surface area (Å²) in [6.45, 7) is 14.6. The third kappa shape index (κ3) is 8.73. The number of piperazine rings is 1. The van der Waals surface area contributed by atoms with E-state index in [-0.39, 0.29) is 0 Å². The van der Waals surface area contributed by atoms with E-state index in [1.807, 2.05) is 18.2 Å². The van der Waals surface area contributed by atoms with Crippen molar-refractivity contribution in [2.24, 2.45) is 5.92 Å². The second-order valence-electron chi connectivity index (χ2n) is 12.1. The highest BCUT2D eigenvalue weighted by atomic mass is 19.1. The van der Waals surface area contributed by atoms with Crippen molar-refractivity contribution < 1.29 is 19.1 Å². The average Bonchev–Trinajstić information content (AvgIpc) is 2.90. The second-order valence-corrected chi connectivity index (χ2v) is 12.1. The number of amides is 1. The van der Waals surface area contributed by atoms with Crippen LogP contribution in [-0.2, 0) is 13.1 Å². The molecule has 2 saturated heterocycles. The highest BCUT2D eigenvalue weighted by molar-refractivity contribution is 5.93. The van der Waals surface area contributed by atoms with Crippen LogP contribution in [0.4, 0.5) is 4.39 Å². The molecule has 0 saturated carbocycles. The molecule has 1 amide bonds. The first-order chi connectivity index (χ1) is 18.6. The third-order valence-corrected chi connectivity index (χ3v) is 7.96. The minimum absolute atomic E-state index is 0.400. The molecule has 0 spiro atoms. The van der Waals surface area contributed by atoms with Crippen LogP contribution in [-0.4, -0.2) is 82.9 Å². The smallest absolute Gasteiger partial charge is 0.274 e. The lowest BCUT2D eigenvalue weighted by Crippen LogP contribution is -2.55. The Hall–Kier alpha value is -2.52. The van der Waals surface area contributed by atoms with Gasteiger partial charge in [-0.1, -0.05) is 24.3 Å². The zero-order chi connectivity index (χ0) is 28.0. The molecule has 8 heteroatoms. The largest absolute Gasteiger partial charge is 0.493 e. The van der Waals surface area contributed by atoms with Crippen molar-refractivity contribution in [2.75, 3.05) is 39.3 Å². The Morgan fingerprint density at radius 1 is 1.00 bits per heavy atom. The van der Waals surface area contributed by atoms with E-state index in [4.69, 9.17) is 9.94 Å². The quantitative estimate of drug-likeness (QED) is 0.335. The van der Waals surface area contributed by atoms with Crippen molar-refractivity contribution in [3.63, 3.8) is 0 Å². The van der Waals surface area contributed by atoms with Gasteiger partial charge in [0, 0.05) is 50.4 Å². The van der Waals surface area contributed by atoms with Gasteiger partial charge in [-0.25, -0.2) is 9.87 Å². The molecule has 214 valence electrons. The number of ether oxygens (including phenoxy) is 1. The summed E-state index contributed by atoms with van der Waals surface area (Å²) in [4.78, 5) is 18.8. The Balaban J connectivity index is 1.25. The van der Waals surface area contributed by atoms with Crippen LogP contribution in [0.5, 0.6) is 5.75 Å². The second kappa shape index (κ2) is 13.2. The van der Waals surface area contributed by atoms with Gasteiger partial charge < -0.3 is 9.64 Å². The number of halogens is 1. The summed E-state index contributed by atoms with van der Waals surface area (Å²) in [6, 6.07) is 16.7. The predicted octanol–water partition coefficient (Wildman–Crippen LogP) is 4.74. The highest BCUT2D eigenvalue weighted by Crippen LogP contribution is 2.25. The van der Waals surface area contributed by atoms with Gasteiger partial charge in [0.15, 0.2) is 0 Å². The SMILES string of the molecule is C[C@@H]1CN(Cc2ccc(C(=O)NO)cc2)C[C@H](C)N1Cc1cccc(OCC2CCN(CC(C)(C)F)CC2)c1. The molecule has 0 radical (unpaired) electrons. The van der Waals surface area contributed by atoms with Crippen molar-refractivity contribution in [1.29, 1.82) is 0 Å². The summed E-state index contributed by atoms with van der Waals surface area (Å²) in [7, 11) is 0. The number of carbonyl (C=O) groups is 1. The number of likely N-dealkylation sites (tertiary alicyclic amines) is 1. The van der Waals surface area contributed by atoms with E-state index in [0.29, 0.717) is 36.7 Å². The maximum absolute atomic E-state index is 14.0. The zero-order valence-corrected chi connectivity index (χ0v) is 23.9. The minimum Gasteiger partial charge on any atom is -0.493 e. The lowest BCUT2D eigenvalue weighted by molar-refractivity contribution is 0.0289. The Kier molecular flexibility index (Phi) is 9.99. The molecule has 2 N–H and O–H groups in total. The summed E-state index contributed by atoms with van der Waals surface area (Å²) < 4.78 is 20.2. The molecule has 2 aliphatic heterocycles. The molecule has 2 atom stereocenters. The number of hydroxylamine groups is 1. The summed E-state index contributed by atoms with van der Waals surface area (Å²) in [6.07, 6.45) is 2.11. The molecule has 0 aromatic heterocycles. The number of carbonyl (C=O) groups excluding carboxylic acids is 1. The van der Waals surface area contributed by atoms with Gasteiger partial charge in [0.2, 0.25) is 0 Å². The number of alkyl halides is 1. The first-order valence-electron chi connectivity index (χ1n) is 14.2. The van der Waals surface area contributed by atoms with Gasteiger partial charge in [0.05, 0.1) is 6.61 Å². The van der Waals surface area contributed by atoms with E-state index < -0.39 is 11.6 Å². The topological polar surface area (TPSA) is 68.3 Å². The number of hydrogen-bond donors (Lipinski definition) is 2. The Bertz CT molecular complexity index is 1050. The standard InChI is InChI=1S/C31H45FN4O3/c1-23-17-35(19-25-8-10-28(11-9-25)30(37)33-38)18-24(2)36(23)20-27-6-5-7-29(16-27)39-21-26-12-14-34(15-13-26)22-31(3,4)32/h5-11,16,23-24,26,38H,12-15,17-22H2,1-4H3,(H,33,37)/t23-,24+. The fourth-order valence-corrected chi connectivity index (χ4v) is 5.99. The maximum atomic E-state index is 14.0. The van der Waals surface area contributed by atoms with Crippen LogP contribution in [0.3, 0.4) is 0 Å². The maximum Gasteiger partial charge on any atom is 0.274 e. The molecule has 2 aromatic rings. The summed E-state index contributed by atoms with van der Waals surface area (Å²) in [5.74, 6) is 0.951. The molecular formula is C31H45FN4O3. The van der Waals surface area contributed by atoms with E-state index in [9.17, 15) is 9.18 Å². The molecule has 0 unspecified atom stereocenters.